The molecule has 0 aromatic heterocycles. The summed E-state index contributed by atoms with van der Waals surface area (Å²) in [6, 6.07) is 0. The Kier molecular flexibility index (Phi) is 3.39. The van der Waals surface area contributed by atoms with Crippen LogP contribution in [0.25, 0.3) is 0 Å². The molecule has 1 fully saturated rings. The first-order valence-corrected chi connectivity index (χ1v) is 5.53. The number of hydrogen-bond donors (Lipinski definition) is 1. The Balaban J connectivity index is 1.48. The molecule has 1 N–H and O–H groups in total. The molecule has 0 atom stereocenters. The highest BCUT2D eigenvalue weighted by molar-refractivity contribution is 4.90. The second kappa shape index (κ2) is 4.77. The molecule has 13 heavy (non-hydrogen) atoms. The molecule has 0 spiro atoms. The molecule has 1 aliphatic carbocycles. The van der Waals surface area contributed by atoms with Gasteiger partial charge in [-0.15, -0.1) is 0 Å². The van der Waals surface area contributed by atoms with Gasteiger partial charge in [-0.3, -0.25) is 4.90 Å². The Morgan fingerprint density at radius 1 is 1.31 bits per heavy atom. The van der Waals surface area contributed by atoms with Crippen LogP contribution >= 0.6 is 0 Å². The summed E-state index contributed by atoms with van der Waals surface area (Å²) in [5.41, 5.74) is 0. The molecule has 2 heteroatoms. The van der Waals surface area contributed by atoms with Gasteiger partial charge in [0.05, 0.1) is 0 Å². The van der Waals surface area contributed by atoms with Gasteiger partial charge < -0.3 is 5.32 Å². The van der Waals surface area contributed by atoms with Crippen LogP contribution in [0, 0.1) is 5.92 Å². The Morgan fingerprint density at radius 2 is 2.23 bits per heavy atom. The van der Waals surface area contributed by atoms with Crippen molar-refractivity contribution in [3.8, 4) is 0 Å². The van der Waals surface area contributed by atoms with Gasteiger partial charge in [-0.05, 0) is 31.7 Å². The molecule has 2 nitrogen and oxygen atoms in total. The zero-order valence-corrected chi connectivity index (χ0v) is 8.34. The van der Waals surface area contributed by atoms with E-state index in [2.05, 4.69) is 22.4 Å². The Morgan fingerprint density at radius 3 is 2.92 bits per heavy atom. The second-order valence-corrected chi connectivity index (χ2v) is 4.21. The molecule has 1 aliphatic heterocycles. The van der Waals surface area contributed by atoms with Crippen molar-refractivity contribution >= 4 is 0 Å². The lowest BCUT2D eigenvalue weighted by molar-refractivity contribution is 0.297. The van der Waals surface area contributed by atoms with Crippen molar-refractivity contribution in [1.29, 1.82) is 0 Å². The summed E-state index contributed by atoms with van der Waals surface area (Å²) >= 11 is 0. The fourth-order valence-electron chi connectivity index (χ4n) is 1.76. The van der Waals surface area contributed by atoms with Gasteiger partial charge in [0.1, 0.15) is 0 Å². The van der Waals surface area contributed by atoms with Gasteiger partial charge in [0.2, 0.25) is 0 Å². The van der Waals surface area contributed by atoms with E-state index in [-0.39, 0.29) is 0 Å². The third kappa shape index (κ3) is 3.49. The minimum atomic E-state index is 1.02. The quantitative estimate of drug-likeness (QED) is 0.506. The fraction of sp³-hybridized carbons (Fsp3) is 0.818. The molecular formula is C11H20N2. The first-order chi connectivity index (χ1) is 6.45. The summed E-state index contributed by atoms with van der Waals surface area (Å²) in [5.74, 6) is 1.02. The summed E-state index contributed by atoms with van der Waals surface area (Å²) in [5, 5.41) is 3.53. The van der Waals surface area contributed by atoms with Gasteiger partial charge in [0.25, 0.3) is 0 Å². The van der Waals surface area contributed by atoms with E-state index in [0.29, 0.717) is 0 Å². The lowest BCUT2D eigenvalue weighted by Crippen LogP contribution is -2.34. The molecule has 1 heterocycles. The third-order valence-corrected chi connectivity index (χ3v) is 2.88. The predicted octanol–water partition coefficient (Wildman–Crippen LogP) is 1.25. The van der Waals surface area contributed by atoms with E-state index in [4.69, 9.17) is 0 Å². The van der Waals surface area contributed by atoms with Crippen LogP contribution in [0.5, 0.6) is 0 Å². The molecule has 2 aliphatic rings. The largest absolute Gasteiger partial charge is 0.315 e. The molecule has 74 valence electrons. The number of hydrogen-bond acceptors (Lipinski definition) is 2. The van der Waals surface area contributed by atoms with Crippen molar-refractivity contribution < 1.29 is 0 Å². The first kappa shape index (κ1) is 9.22. The number of nitrogens with one attached hydrogen (secondary N) is 1. The van der Waals surface area contributed by atoms with Gasteiger partial charge in [0, 0.05) is 26.2 Å². The van der Waals surface area contributed by atoms with E-state index in [1.807, 2.05) is 0 Å². The van der Waals surface area contributed by atoms with Gasteiger partial charge >= 0.3 is 0 Å². The summed E-state index contributed by atoms with van der Waals surface area (Å²) in [6.45, 7) is 6.05. The summed E-state index contributed by atoms with van der Waals surface area (Å²) in [7, 11) is 0. The highest BCUT2D eigenvalue weighted by atomic mass is 15.1. The molecule has 0 radical (unpaired) electrons. The van der Waals surface area contributed by atoms with Crippen molar-refractivity contribution in [3.63, 3.8) is 0 Å². The molecule has 0 aromatic rings. The van der Waals surface area contributed by atoms with E-state index < -0.39 is 0 Å². The zero-order valence-electron chi connectivity index (χ0n) is 8.34. The van der Waals surface area contributed by atoms with Gasteiger partial charge in [-0.1, -0.05) is 12.2 Å². The van der Waals surface area contributed by atoms with Crippen LogP contribution in [-0.4, -0.2) is 37.6 Å². The normalized spacial score (nSPS) is 23.7. The second-order valence-electron chi connectivity index (χ2n) is 4.21. The highest BCUT2D eigenvalue weighted by Crippen LogP contribution is 2.27. The maximum absolute atomic E-state index is 3.53. The van der Waals surface area contributed by atoms with Crippen LogP contribution in [0.3, 0.4) is 0 Å². The molecular weight excluding hydrogens is 160 g/mol. The first-order valence-electron chi connectivity index (χ1n) is 5.53. The monoisotopic (exact) mass is 180 g/mol. The topological polar surface area (TPSA) is 15.3 Å². The lowest BCUT2D eigenvalue weighted by Gasteiger charge is -2.22. The van der Waals surface area contributed by atoms with E-state index in [0.717, 1.165) is 12.5 Å². The van der Waals surface area contributed by atoms with Crippen LogP contribution in [0.4, 0.5) is 0 Å². The van der Waals surface area contributed by atoms with Crippen molar-refractivity contribution in [1.82, 2.24) is 10.2 Å². The molecule has 2 rings (SSSR count). The number of nitrogens with zero attached hydrogens (tertiary/aromatic N) is 1. The SMILES string of the molecule is C1=CCN(CCNCC2CC2)CC1. The van der Waals surface area contributed by atoms with Crippen molar-refractivity contribution in [2.24, 2.45) is 5.92 Å². The Hall–Kier alpha value is -0.340. The average Bonchev–Trinajstić information content (AvgIpc) is 2.98. The minimum absolute atomic E-state index is 1.02. The summed E-state index contributed by atoms with van der Waals surface area (Å²) in [4.78, 5) is 2.51. The fourth-order valence-corrected chi connectivity index (χ4v) is 1.76. The van der Waals surface area contributed by atoms with Gasteiger partial charge in [-0.25, -0.2) is 0 Å². The van der Waals surface area contributed by atoms with Crippen LogP contribution in [-0.2, 0) is 0 Å². The van der Waals surface area contributed by atoms with Crippen molar-refractivity contribution in [2.45, 2.75) is 19.3 Å². The molecule has 0 aromatic carbocycles. The highest BCUT2D eigenvalue weighted by Gasteiger charge is 2.20. The van der Waals surface area contributed by atoms with Gasteiger partial charge in [-0.2, -0.15) is 0 Å². The minimum Gasteiger partial charge on any atom is -0.315 e. The van der Waals surface area contributed by atoms with Crippen molar-refractivity contribution in [2.75, 3.05) is 32.7 Å². The van der Waals surface area contributed by atoms with Crippen LogP contribution in [0.2, 0.25) is 0 Å². The van der Waals surface area contributed by atoms with E-state index in [1.54, 1.807) is 0 Å². The summed E-state index contributed by atoms with van der Waals surface area (Å²) in [6.07, 6.45) is 8.72. The lowest BCUT2D eigenvalue weighted by atomic mass is 10.2. The third-order valence-electron chi connectivity index (χ3n) is 2.88. The van der Waals surface area contributed by atoms with Crippen LogP contribution in [0.15, 0.2) is 12.2 Å². The van der Waals surface area contributed by atoms with Crippen molar-refractivity contribution in [3.05, 3.63) is 12.2 Å². The molecule has 0 unspecified atom stereocenters. The zero-order chi connectivity index (χ0) is 8.93. The molecule has 0 bridgehead atoms. The number of rotatable bonds is 5. The Bertz CT molecular complexity index is 173. The molecule has 0 saturated heterocycles. The predicted molar refractivity (Wildman–Crippen MR) is 55.8 cm³/mol. The van der Waals surface area contributed by atoms with E-state index in [9.17, 15) is 0 Å². The van der Waals surface area contributed by atoms with E-state index >= 15 is 0 Å². The summed E-state index contributed by atoms with van der Waals surface area (Å²) < 4.78 is 0. The van der Waals surface area contributed by atoms with Crippen LogP contribution in [0.1, 0.15) is 19.3 Å². The maximum atomic E-state index is 3.53. The van der Waals surface area contributed by atoms with Crippen LogP contribution < -0.4 is 5.32 Å². The average molecular weight is 180 g/mol. The standard InChI is InChI=1S/C11H20N2/c1-2-7-13(8-3-1)9-6-12-10-11-4-5-11/h1-2,11-12H,3-10H2. The maximum Gasteiger partial charge on any atom is 0.0163 e. The van der Waals surface area contributed by atoms with Gasteiger partial charge in [0.15, 0.2) is 0 Å². The smallest absolute Gasteiger partial charge is 0.0163 e. The Labute approximate surface area is 81.0 Å². The molecule has 1 saturated carbocycles. The molecule has 0 amide bonds. The van der Waals surface area contributed by atoms with E-state index in [1.165, 1.54) is 45.4 Å².